The zero-order valence-electron chi connectivity index (χ0n) is 7.74. The molecule has 0 N–H and O–H groups in total. The summed E-state index contributed by atoms with van der Waals surface area (Å²) < 4.78 is 0. The predicted octanol–water partition coefficient (Wildman–Crippen LogP) is 3.27. The van der Waals surface area contributed by atoms with E-state index in [0.717, 1.165) is 0 Å². The molecule has 4 nitrogen and oxygen atoms in total. The van der Waals surface area contributed by atoms with Gasteiger partial charge in [0.1, 0.15) is 15.6 Å². The maximum absolute atomic E-state index is 11.1. The van der Waals surface area contributed by atoms with Crippen molar-refractivity contribution in [2.24, 2.45) is 0 Å². The highest BCUT2D eigenvalue weighted by molar-refractivity contribution is 9.09. The Labute approximate surface area is 99.5 Å². The molecule has 0 heterocycles. The number of carbonyl (C=O) groups is 1. The number of alkyl halides is 1. The van der Waals surface area contributed by atoms with Gasteiger partial charge in [-0.3, -0.25) is 14.9 Å². The molecule has 0 aromatic heterocycles. The molecule has 0 aliphatic carbocycles. The molecule has 80 valence electrons. The second-order valence-electron chi connectivity index (χ2n) is 2.91. The molecule has 0 aliphatic heterocycles. The molecule has 0 aliphatic rings. The van der Waals surface area contributed by atoms with E-state index in [1.165, 1.54) is 19.1 Å². The number of nitro benzene ring substituents is 1. The van der Waals surface area contributed by atoms with E-state index >= 15 is 0 Å². The molecule has 6 heteroatoms. The molecule has 0 amide bonds. The van der Waals surface area contributed by atoms with Crippen molar-refractivity contribution in [1.82, 2.24) is 0 Å². The maximum atomic E-state index is 11.1. The van der Waals surface area contributed by atoms with Crippen molar-refractivity contribution in [2.45, 2.75) is 11.8 Å². The van der Waals surface area contributed by atoms with Crippen molar-refractivity contribution in [3.63, 3.8) is 0 Å². The van der Waals surface area contributed by atoms with Crippen LogP contribution in [0.2, 0.25) is 5.02 Å². The van der Waals surface area contributed by atoms with Gasteiger partial charge in [-0.15, -0.1) is 0 Å². The number of halogens is 2. The second kappa shape index (κ2) is 4.72. The predicted molar refractivity (Wildman–Crippen MR) is 60.5 cm³/mol. The summed E-state index contributed by atoms with van der Waals surface area (Å²) in [6.45, 7) is 1.35. The molecule has 1 unspecified atom stereocenters. The van der Waals surface area contributed by atoms with Gasteiger partial charge >= 0.3 is 0 Å². The summed E-state index contributed by atoms with van der Waals surface area (Å²) >= 11 is 8.79. The minimum atomic E-state index is -0.698. The SMILES string of the molecule is CC(=O)C(Br)c1cccc(Cl)c1[N+](=O)[O-]. The Morgan fingerprint density at radius 3 is 2.67 bits per heavy atom. The van der Waals surface area contributed by atoms with E-state index in [4.69, 9.17) is 11.6 Å². The number of hydrogen-bond donors (Lipinski definition) is 0. The number of nitro groups is 1. The summed E-state index contributed by atoms with van der Waals surface area (Å²) in [6, 6.07) is 4.50. The lowest BCUT2D eigenvalue weighted by molar-refractivity contribution is -0.385. The first-order valence-electron chi connectivity index (χ1n) is 4.02. The Morgan fingerprint density at radius 1 is 1.60 bits per heavy atom. The van der Waals surface area contributed by atoms with E-state index in [2.05, 4.69) is 15.9 Å². The third-order valence-corrected chi connectivity index (χ3v) is 3.27. The van der Waals surface area contributed by atoms with Crippen molar-refractivity contribution in [3.05, 3.63) is 38.9 Å². The van der Waals surface area contributed by atoms with Gasteiger partial charge in [0.05, 0.1) is 10.5 Å². The molecule has 1 aromatic carbocycles. The highest BCUT2D eigenvalue weighted by Crippen LogP contribution is 2.36. The first-order valence-corrected chi connectivity index (χ1v) is 5.32. The monoisotopic (exact) mass is 291 g/mol. The molecule has 1 aromatic rings. The topological polar surface area (TPSA) is 60.2 Å². The molecule has 0 saturated heterocycles. The number of carbonyl (C=O) groups excluding carboxylic acids is 1. The maximum Gasteiger partial charge on any atom is 0.292 e. The fourth-order valence-electron chi connectivity index (χ4n) is 1.15. The molecule has 0 bridgehead atoms. The van der Waals surface area contributed by atoms with Gasteiger partial charge < -0.3 is 0 Å². The van der Waals surface area contributed by atoms with Crippen LogP contribution in [0.4, 0.5) is 5.69 Å². The van der Waals surface area contributed by atoms with Gasteiger partial charge in [0.25, 0.3) is 5.69 Å². The zero-order chi connectivity index (χ0) is 11.6. The second-order valence-corrected chi connectivity index (χ2v) is 4.23. The molecule has 0 saturated carbocycles. The Morgan fingerprint density at radius 2 is 2.20 bits per heavy atom. The Balaban J connectivity index is 3.35. The van der Waals surface area contributed by atoms with Crippen molar-refractivity contribution >= 4 is 39.0 Å². The number of rotatable bonds is 3. The van der Waals surface area contributed by atoms with Gasteiger partial charge in [0.15, 0.2) is 0 Å². The number of Topliss-reactive ketones (excluding diaryl/α,β-unsaturated/α-hetero) is 1. The average Bonchev–Trinajstić information content (AvgIpc) is 2.15. The molecule has 1 atom stereocenters. The van der Waals surface area contributed by atoms with Gasteiger partial charge in [0, 0.05) is 0 Å². The summed E-state index contributed by atoms with van der Waals surface area (Å²) in [5.41, 5.74) is 0.0521. The minimum Gasteiger partial charge on any atom is -0.298 e. The normalized spacial score (nSPS) is 12.2. The van der Waals surface area contributed by atoms with E-state index in [1.54, 1.807) is 6.07 Å². The minimum absolute atomic E-state index is 0.0307. The summed E-state index contributed by atoms with van der Waals surface area (Å²) in [4.78, 5) is 20.6. The zero-order valence-corrected chi connectivity index (χ0v) is 10.1. The lowest BCUT2D eigenvalue weighted by atomic mass is 10.1. The van der Waals surface area contributed by atoms with E-state index in [9.17, 15) is 14.9 Å². The van der Waals surface area contributed by atoms with Crippen LogP contribution in [-0.2, 0) is 4.79 Å². The smallest absolute Gasteiger partial charge is 0.292 e. The molecule has 15 heavy (non-hydrogen) atoms. The number of nitrogens with zero attached hydrogens (tertiary/aromatic N) is 1. The largest absolute Gasteiger partial charge is 0.298 e. The first-order chi connectivity index (χ1) is 6.95. The van der Waals surface area contributed by atoms with E-state index < -0.39 is 9.75 Å². The van der Waals surface area contributed by atoms with Crippen molar-refractivity contribution in [2.75, 3.05) is 0 Å². The fourth-order valence-corrected chi connectivity index (χ4v) is 1.77. The van der Waals surface area contributed by atoms with Crippen LogP contribution in [0.1, 0.15) is 17.3 Å². The molecular formula is C9H7BrClNO3. The van der Waals surface area contributed by atoms with Gasteiger partial charge in [-0.2, -0.15) is 0 Å². The molecule has 0 spiro atoms. The van der Waals surface area contributed by atoms with E-state index in [-0.39, 0.29) is 22.1 Å². The summed E-state index contributed by atoms with van der Waals surface area (Å²) in [7, 11) is 0. The third-order valence-electron chi connectivity index (χ3n) is 1.83. The number of ketones is 1. The summed E-state index contributed by atoms with van der Waals surface area (Å²) in [6.07, 6.45) is 0. The van der Waals surface area contributed by atoms with Crippen LogP contribution < -0.4 is 0 Å². The Hall–Kier alpha value is -0.940. The average molecular weight is 293 g/mol. The first kappa shape index (κ1) is 12.1. The molecule has 0 radical (unpaired) electrons. The van der Waals surface area contributed by atoms with Crippen molar-refractivity contribution in [3.8, 4) is 0 Å². The molecule has 0 fully saturated rings. The summed E-state index contributed by atoms with van der Waals surface area (Å²) in [5.74, 6) is -0.208. The lowest BCUT2D eigenvalue weighted by Gasteiger charge is -2.07. The van der Waals surface area contributed by atoms with Gasteiger partial charge in [-0.25, -0.2) is 0 Å². The van der Waals surface area contributed by atoms with Crippen LogP contribution in [0, 0.1) is 10.1 Å². The fraction of sp³-hybridized carbons (Fsp3) is 0.222. The van der Waals surface area contributed by atoms with E-state index in [1.807, 2.05) is 0 Å². The van der Waals surface area contributed by atoms with Crippen LogP contribution in [0.5, 0.6) is 0 Å². The van der Waals surface area contributed by atoms with Gasteiger partial charge in [-0.1, -0.05) is 39.7 Å². The van der Waals surface area contributed by atoms with Crippen LogP contribution in [-0.4, -0.2) is 10.7 Å². The Bertz CT molecular complexity index is 422. The van der Waals surface area contributed by atoms with Crippen molar-refractivity contribution < 1.29 is 9.72 Å². The summed E-state index contributed by atoms with van der Waals surface area (Å²) in [5, 5.41) is 10.8. The van der Waals surface area contributed by atoms with Gasteiger partial charge in [0.2, 0.25) is 0 Å². The Kier molecular flexibility index (Phi) is 3.82. The van der Waals surface area contributed by atoms with E-state index in [0.29, 0.717) is 0 Å². The molecular weight excluding hydrogens is 285 g/mol. The number of hydrogen-bond acceptors (Lipinski definition) is 3. The molecule has 1 rings (SSSR count). The van der Waals surface area contributed by atoms with Crippen LogP contribution in [0.25, 0.3) is 0 Å². The third kappa shape index (κ3) is 2.54. The lowest BCUT2D eigenvalue weighted by Crippen LogP contribution is -2.05. The van der Waals surface area contributed by atoms with Crippen LogP contribution >= 0.6 is 27.5 Å². The van der Waals surface area contributed by atoms with Crippen LogP contribution in [0.3, 0.4) is 0 Å². The standard InChI is InChI=1S/C9H7BrClNO3/c1-5(13)8(10)6-3-2-4-7(11)9(6)12(14)15/h2-4,8H,1H3. The highest BCUT2D eigenvalue weighted by Gasteiger charge is 2.25. The van der Waals surface area contributed by atoms with Crippen molar-refractivity contribution in [1.29, 1.82) is 0 Å². The van der Waals surface area contributed by atoms with Crippen LogP contribution in [0.15, 0.2) is 18.2 Å². The van der Waals surface area contributed by atoms with Gasteiger partial charge in [-0.05, 0) is 13.0 Å². The quantitative estimate of drug-likeness (QED) is 0.488. The highest BCUT2D eigenvalue weighted by atomic mass is 79.9. The number of benzene rings is 1. The number of para-hydroxylation sites is 1.